The fourth-order valence-corrected chi connectivity index (χ4v) is 0.856. The first-order chi connectivity index (χ1) is 4.41. The van der Waals surface area contributed by atoms with Crippen LogP contribution < -0.4 is 0 Å². The Morgan fingerprint density at radius 1 is 1.22 bits per heavy atom. The van der Waals surface area contributed by atoms with Crippen LogP contribution in [-0.2, 0) is 9.84 Å². The van der Waals surface area contributed by atoms with E-state index in [1.807, 2.05) is 0 Å². The number of hydrogen-bond donors (Lipinski definition) is 0. The molecule has 0 rings (SSSR count). The molecule has 0 bridgehead atoms. The van der Waals surface area contributed by atoms with E-state index >= 15 is 0 Å². The fourth-order valence-electron chi connectivity index (χ4n) is 0.460. The van der Waals surface area contributed by atoms with Crippen LogP contribution in [0.25, 0.3) is 0 Å². The molecule has 0 N–H and O–H groups in total. The van der Waals surface area contributed by atoms with E-state index in [1.165, 1.54) is 0 Å². The second-order valence-electron chi connectivity index (χ2n) is 1.71. The standard InChI is InChI=1S/C6H12BrO2/c7-3-1-2-5-9-6-4-8/h1-6H2. The van der Waals surface area contributed by atoms with Gasteiger partial charge < -0.3 is 4.74 Å². The summed E-state index contributed by atoms with van der Waals surface area (Å²) in [5.41, 5.74) is 0. The van der Waals surface area contributed by atoms with Gasteiger partial charge in [-0.05, 0) is 12.8 Å². The van der Waals surface area contributed by atoms with E-state index in [9.17, 15) is 5.11 Å². The Bertz CT molecular complexity index is 44.3. The van der Waals surface area contributed by atoms with Gasteiger partial charge in [-0.2, -0.15) is 0 Å². The number of unbranched alkanes of at least 4 members (excludes halogenated alkanes) is 1. The average Bonchev–Trinajstić information content (AvgIpc) is 1.89. The van der Waals surface area contributed by atoms with Crippen molar-refractivity contribution in [1.82, 2.24) is 0 Å². The van der Waals surface area contributed by atoms with Crippen molar-refractivity contribution in [2.45, 2.75) is 12.8 Å². The normalized spacial score (nSPS) is 10.0. The lowest BCUT2D eigenvalue weighted by molar-refractivity contribution is 0.0626. The van der Waals surface area contributed by atoms with Crippen molar-refractivity contribution in [3.63, 3.8) is 0 Å². The molecule has 0 saturated heterocycles. The second kappa shape index (κ2) is 8.40. The Kier molecular flexibility index (Phi) is 8.77. The molecular formula is C6H12BrO2. The van der Waals surface area contributed by atoms with Gasteiger partial charge in [-0.1, -0.05) is 15.9 Å². The molecule has 0 aromatic heterocycles. The summed E-state index contributed by atoms with van der Waals surface area (Å²) in [5.74, 6) is 0. The molecule has 55 valence electrons. The number of halogens is 1. The van der Waals surface area contributed by atoms with E-state index < -0.39 is 0 Å². The summed E-state index contributed by atoms with van der Waals surface area (Å²) in [4.78, 5) is 0. The van der Waals surface area contributed by atoms with E-state index in [2.05, 4.69) is 15.9 Å². The fraction of sp³-hybridized carbons (Fsp3) is 1.00. The van der Waals surface area contributed by atoms with Gasteiger partial charge in [0.15, 0.2) is 0 Å². The van der Waals surface area contributed by atoms with Gasteiger partial charge in [-0.25, -0.2) is 5.11 Å². The van der Waals surface area contributed by atoms with Crippen LogP contribution in [0, 0.1) is 0 Å². The smallest absolute Gasteiger partial charge is 0.106 e. The number of alkyl halides is 1. The van der Waals surface area contributed by atoms with Crippen molar-refractivity contribution in [3.8, 4) is 0 Å². The van der Waals surface area contributed by atoms with E-state index in [0.29, 0.717) is 6.61 Å². The molecule has 2 nitrogen and oxygen atoms in total. The highest BCUT2D eigenvalue weighted by Gasteiger charge is 1.86. The maximum atomic E-state index is 9.83. The molecule has 0 aromatic carbocycles. The van der Waals surface area contributed by atoms with Crippen LogP contribution in [0.1, 0.15) is 12.8 Å². The second-order valence-corrected chi connectivity index (χ2v) is 2.51. The SMILES string of the molecule is [O]CCOCCCCBr. The van der Waals surface area contributed by atoms with Gasteiger partial charge in [0.1, 0.15) is 6.61 Å². The van der Waals surface area contributed by atoms with Crippen LogP contribution in [-0.4, -0.2) is 25.2 Å². The maximum Gasteiger partial charge on any atom is 0.106 e. The van der Waals surface area contributed by atoms with Gasteiger partial charge in [0.2, 0.25) is 0 Å². The minimum atomic E-state index is -0.117. The molecule has 0 amide bonds. The van der Waals surface area contributed by atoms with E-state index in [1.54, 1.807) is 0 Å². The Labute approximate surface area is 64.3 Å². The molecule has 0 aliphatic heterocycles. The zero-order chi connectivity index (χ0) is 6.95. The molecule has 9 heavy (non-hydrogen) atoms. The molecule has 0 aliphatic rings. The summed E-state index contributed by atoms with van der Waals surface area (Å²) >= 11 is 3.30. The highest BCUT2D eigenvalue weighted by Crippen LogP contribution is 1.93. The van der Waals surface area contributed by atoms with E-state index in [-0.39, 0.29) is 6.61 Å². The average molecular weight is 196 g/mol. The lowest BCUT2D eigenvalue weighted by Gasteiger charge is -1.97. The van der Waals surface area contributed by atoms with Crippen molar-refractivity contribution in [2.75, 3.05) is 25.2 Å². The van der Waals surface area contributed by atoms with E-state index in [4.69, 9.17) is 4.74 Å². The quantitative estimate of drug-likeness (QED) is 0.468. The molecule has 0 atom stereocenters. The topological polar surface area (TPSA) is 29.1 Å². The maximum absolute atomic E-state index is 9.83. The van der Waals surface area contributed by atoms with Crippen molar-refractivity contribution in [3.05, 3.63) is 0 Å². The van der Waals surface area contributed by atoms with E-state index in [0.717, 1.165) is 24.8 Å². The number of ether oxygens (including phenoxy) is 1. The zero-order valence-electron chi connectivity index (χ0n) is 5.44. The first kappa shape index (κ1) is 9.40. The van der Waals surface area contributed by atoms with Crippen LogP contribution >= 0.6 is 15.9 Å². The van der Waals surface area contributed by atoms with Crippen molar-refractivity contribution < 1.29 is 9.84 Å². The molecule has 0 spiro atoms. The highest BCUT2D eigenvalue weighted by atomic mass is 79.9. The lowest BCUT2D eigenvalue weighted by Crippen LogP contribution is -1.99. The monoisotopic (exact) mass is 195 g/mol. The van der Waals surface area contributed by atoms with Crippen LogP contribution in [0.5, 0.6) is 0 Å². The van der Waals surface area contributed by atoms with Gasteiger partial charge in [0, 0.05) is 11.9 Å². The molecular weight excluding hydrogens is 184 g/mol. The summed E-state index contributed by atoms with van der Waals surface area (Å²) in [5, 5.41) is 10.8. The Balaban J connectivity index is 2.60. The third-order valence-electron chi connectivity index (χ3n) is 0.900. The summed E-state index contributed by atoms with van der Waals surface area (Å²) in [6.07, 6.45) is 2.17. The summed E-state index contributed by atoms with van der Waals surface area (Å²) in [6.45, 7) is 0.977. The Morgan fingerprint density at radius 3 is 2.56 bits per heavy atom. The third-order valence-corrected chi connectivity index (χ3v) is 1.46. The molecule has 0 aliphatic carbocycles. The molecule has 3 heteroatoms. The number of rotatable bonds is 6. The van der Waals surface area contributed by atoms with Crippen molar-refractivity contribution in [1.29, 1.82) is 0 Å². The predicted molar refractivity (Wildman–Crippen MR) is 39.4 cm³/mol. The molecule has 0 fully saturated rings. The van der Waals surface area contributed by atoms with Gasteiger partial charge in [0.25, 0.3) is 0 Å². The molecule has 1 radical (unpaired) electrons. The van der Waals surface area contributed by atoms with Crippen LogP contribution in [0.3, 0.4) is 0 Å². The largest absolute Gasteiger partial charge is 0.379 e. The van der Waals surface area contributed by atoms with Gasteiger partial charge in [0.05, 0.1) is 6.61 Å². The summed E-state index contributed by atoms with van der Waals surface area (Å²) in [7, 11) is 0. The summed E-state index contributed by atoms with van der Waals surface area (Å²) < 4.78 is 4.95. The van der Waals surface area contributed by atoms with Crippen molar-refractivity contribution >= 4 is 15.9 Å². The third kappa shape index (κ3) is 8.40. The van der Waals surface area contributed by atoms with Crippen LogP contribution in [0.2, 0.25) is 0 Å². The lowest BCUT2D eigenvalue weighted by atomic mass is 10.4. The van der Waals surface area contributed by atoms with Crippen LogP contribution in [0.4, 0.5) is 0 Å². The van der Waals surface area contributed by atoms with Gasteiger partial charge >= 0.3 is 0 Å². The minimum Gasteiger partial charge on any atom is -0.379 e. The highest BCUT2D eigenvalue weighted by molar-refractivity contribution is 9.09. The summed E-state index contributed by atoms with van der Waals surface area (Å²) in [6, 6.07) is 0. The number of hydrogen-bond acceptors (Lipinski definition) is 1. The Hall–Kier alpha value is 0.400. The van der Waals surface area contributed by atoms with Crippen LogP contribution in [0.15, 0.2) is 0 Å². The van der Waals surface area contributed by atoms with Gasteiger partial charge in [-0.15, -0.1) is 0 Å². The molecule has 0 aromatic rings. The minimum absolute atomic E-state index is 0.117. The zero-order valence-corrected chi connectivity index (χ0v) is 7.02. The molecule has 0 saturated carbocycles. The van der Waals surface area contributed by atoms with Gasteiger partial charge in [-0.3, -0.25) is 0 Å². The first-order valence-electron chi connectivity index (χ1n) is 3.13. The molecule has 0 unspecified atom stereocenters. The Morgan fingerprint density at radius 2 is 2.00 bits per heavy atom. The van der Waals surface area contributed by atoms with Crippen molar-refractivity contribution in [2.24, 2.45) is 0 Å². The predicted octanol–water partition coefficient (Wildman–Crippen LogP) is 1.61. The first-order valence-corrected chi connectivity index (χ1v) is 4.25. The molecule has 0 heterocycles.